The molecule has 3 rings (SSSR count). The van der Waals surface area contributed by atoms with Gasteiger partial charge in [-0.15, -0.1) is 0 Å². The molecule has 0 bridgehead atoms. The number of carbonyl (C=O) groups excluding carboxylic acids is 1. The molecule has 2 aromatic heterocycles. The molecule has 2 heterocycles. The average Bonchev–Trinajstić information content (AvgIpc) is 3.11. The Morgan fingerprint density at radius 2 is 2.04 bits per heavy atom. The Bertz CT molecular complexity index is 762. The number of fused-ring (bicyclic) bond motifs is 1. The van der Waals surface area contributed by atoms with Gasteiger partial charge in [0, 0.05) is 43.5 Å². The van der Waals surface area contributed by atoms with E-state index in [0.29, 0.717) is 42.9 Å². The van der Waals surface area contributed by atoms with Crippen molar-refractivity contribution in [2.45, 2.75) is 51.2 Å². The smallest absolute Gasteiger partial charge is 0.309 e. The van der Waals surface area contributed by atoms with Crippen molar-refractivity contribution in [1.82, 2.24) is 19.6 Å². The first-order chi connectivity index (χ1) is 11.8. The molecule has 9 heteroatoms. The molecular weight excluding hydrogens is 335 g/mol. The molecule has 1 amide bonds. The minimum absolute atomic E-state index is 0.201. The number of nitrogens with one attached hydrogen (secondary N) is 1. The number of amides is 1. The van der Waals surface area contributed by atoms with Crippen LogP contribution in [0.2, 0.25) is 0 Å². The van der Waals surface area contributed by atoms with Gasteiger partial charge in [-0.1, -0.05) is 0 Å². The predicted molar refractivity (Wildman–Crippen MR) is 84.9 cm³/mol. The molecule has 6 nitrogen and oxygen atoms in total. The highest BCUT2D eigenvalue weighted by molar-refractivity contribution is 5.89. The third kappa shape index (κ3) is 4.02. The van der Waals surface area contributed by atoms with Crippen LogP contribution in [0.3, 0.4) is 0 Å². The van der Waals surface area contributed by atoms with Gasteiger partial charge in [-0.25, -0.2) is 0 Å². The van der Waals surface area contributed by atoms with Crippen LogP contribution in [-0.4, -0.2) is 25.5 Å². The molecule has 0 atom stereocenters. The van der Waals surface area contributed by atoms with Gasteiger partial charge in [0.1, 0.15) is 0 Å². The van der Waals surface area contributed by atoms with Gasteiger partial charge in [-0.2, -0.15) is 23.4 Å². The zero-order valence-corrected chi connectivity index (χ0v) is 13.9. The molecule has 0 unspecified atom stereocenters. The lowest BCUT2D eigenvalue weighted by Gasteiger charge is -2.14. The molecule has 2 aromatic rings. The van der Waals surface area contributed by atoms with Crippen LogP contribution in [0.25, 0.3) is 0 Å². The second-order valence-corrected chi connectivity index (χ2v) is 6.23. The van der Waals surface area contributed by atoms with Crippen LogP contribution in [0.5, 0.6) is 0 Å². The molecule has 0 saturated heterocycles. The summed E-state index contributed by atoms with van der Waals surface area (Å²) < 4.78 is 42.4. The molecular formula is C16H20F3N5O. The Balaban J connectivity index is 1.61. The van der Waals surface area contributed by atoms with Gasteiger partial charge >= 0.3 is 6.18 Å². The molecule has 0 aromatic carbocycles. The average molecular weight is 355 g/mol. The van der Waals surface area contributed by atoms with Gasteiger partial charge in [-0.05, 0) is 32.1 Å². The van der Waals surface area contributed by atoms with Crippen molar-refractivity contribution in [3.05, 3.63) is 29.2 Å². The number of aryl methyl sites for hydroxylation is 2. The Morgan fingerprint density at radius 3 is 2.72 bits per heavy atom. The number of anilines is 1. The summed E-state index contributed by atoms with van der Waals surface area (Å²) in [4.78, 5) is 11.9. The van der Waals surface area contributed by atoms with E-state index in [2.05, 4.69) is 15.5 Å². The number of hydrogen-bond acceptors (Lipinski definition) is 3. The number of hydrogen-bond donors (Lipinski definition) is 1. The second kappa shape index (κ2) is 6.89. The highest BCUT2D eigenvalue weighted by Crippen LogP contribution is 2.35. The maximum atomic E-state index is 13.1. The summed E-state index contributed by atoms with van der Waals surface area (Å²) in [5.41, 5.74) is 0.237. The first-order valence-electron chi connectivity index (χ1n) is 8.30. The zero-order valence-electron chi connectivity index (χ0n) is 13.9. The van der Waals surface area contributed by atoms with Gasteiger partial charge in [0.15, 0.2) is 11.5 Å². The highest BCUT2D eigenvalue weighted by Gasteiger charge is 2.39. The number of alkyl halides is 3. The van der Waals surface area contributed by atoms with Crippen molar-refractivity contribution >= 4 is 11.7 Å². The first-order valence-corrected chi connectivity index (χ1v) is 8.30. The normalized spacial score (nSPS) is 14.4. The summed E-state index contributed by atoms with van der Waals surface area (Å²) in [5.74, 6) is 0.249. The van der Waals surface area contributed by atoms with Crippen LogP contribution in [0, 0.1) is 0 Å². The standard InChI is InChI=1S/C16H20F3N5O/c1-23-10-8-13(21-23)20-14(25)7-4-9-24-12-6-3-2-5-11(12)15(22-24)16(17,18)19/h8,10H,2-7,9H2,1H3,(H,20,21,25). The van der Waals surface area contributed by atoms with Crippen molar-refractivity contribution in [3.8, 4) is 0 Å². The van der Waals surface area contributed by atoms with Crippen molar-refractivity contribution in [2.24, 2.45) is 7.05 Å². The van der Waals surface area contributed by atoms with E-state index >= 15 is 0 Å². The highest BCUT2D eigenvalue weighted by atomic mass is 19.4. The molecule has 1 aliphatic carbocycles. The molecule has 0 aliphatic heterocycles. The molecule has 0 spiro atoms. The Labute approximate surface area is 143 Å². The van der Waals surface area contributed by atoms with Crippen LogP contribution >= 0.6 is 0 Å². The van der Waals surface area contributed by atoms with Crippen LogP contribution < -0.4 is 5.32 Å². The van der Waals surface area contributed by atoms with Gasteiger partial charge in [0.25, 0.3) is 0 Å². The molecule has 0 saturated carbocycles. The fraction of sp³-hybridized carbons (Fsp3) is 0.562. The fourth-order valence-electron chi connectivity index (χ4n) is 3.16. The predicted octanol–water partition coefficient (Wildman–Crippen LogP) is 2.93. The summed E-state index contributed by atoms with van der Waals surface area (Å²) in [5, 5.41) is 10.5. The van der Waals surface area contributed by atoms with Gasteiger partial charge in [-0.3, -0.25) is 14.2 Å². The second-order valence-electron chi connectivity index (χ2n) is 6.23. The SMILES string of the molecule is Cn1ccc(NC(=O)CCCn2nc(C(F)(F)F)c3c2CCCC3)n1. The van der Waals surface area contributed by atoms with E-state index in [-0.39, 0.29) is 12.3 Å². The lowest BCUT2D eigenvalue weighted by molar-refractivity contribution is -0.142. The topological polar surface area (TPSA) is 64.7 Å². The van der Waals surface area contributed by atoms with E-state index in [4.69, 9.17) is 0 Å². The molecule has 1 N–H and O–H groups in total. The fourth-order valence-corrected chi connectivity index (χ4v) is 3.16. The minimum Gasteiger partial charge on any atom is -0.309 e. The Hall–Kier alpha value is -2.32. The number of rotatable bonds is 5. The Morgan fingerprint density at radius 1 is 1.28 bits per heavy atom. The summed E-state index contributed by atoms with van der Waals surface area (Å²) in [6.45, 7) is 0.300. The van der Waals surface area contributed by atoms with Gasteiger partial charge < -0.3 is 5.32 Å². The van der Waals surface area contributed by atoms with Crippen LogP contribution in [0.4, 0.5) is 19.0 Å². The maximum Gasteiger partial charge on any atom is 0.435 e. The minimum atomic E-state index is -4.43. The Kier molecular flexibility index (Phi) is 4.82. The molecule has 25 heavy (non-hydrogen) atoms. The number of carbonyl (C=O) groups is 1. The maximum absolute atomic E-state index is 13.1. The van der Waals surface area contributed by atoms with Gasteiger partial charge in [0.05, 0.1) is 0 Å². The summed E-state index contributed by atoms with van der Waals surface area (Å²) in [6, 6.07) is 1.68. The van der Waals surface area contributed by atoms with E-state index in [1.54, 1.807) is 24.0 Å². The van der Waals surface area contributed by atoms with E-state index in [1.807, 2.05) is 0 Å². The molecule has 136 valence electrons. The van der Waals surface area contributed by atoms with E-state index in [1.165, 1.54) is 4.68 Å². The third-order valence-corrected chi connectivity index (χ3v) is 4.28. The summed E-state index contributed by atoms with van der Waals surface area (Å²) in [6.07, 6.45) is 0.567. The van der Waals surface area contributed by atoms with Crippen molar-refractivity contribution in [2.75, 3.05) is 5.32 Å². The molecule has 1 aliphatic rings. The lowest BCUT2D eigenvalue weighted by Crippen LogP contribution is -2.14. The zero-order chi connectivity index (χ0) is 18.0. The number of aromatic nitrogens is 4. The third-order valence-electron chi connectivity index (χ3n) is 4.28. The van der Waals surface area contributed by atoms with Crippen molar-refractivity contribution in [3.63, 3.8) is 0 Å². The van der Waals surface area contributed by atoms with E-state index in [9.17, 15) is 18.0 Å². The van der Waals surface area contributed by atoms with Crippen molar-refractivity contribution < 1.29 is 18.0 Å². The van der Waals surface area contributed by atoms with Crippen LogP contribution in [-0.2, 0) is 37.4 Å². The first kappa shape index (κ1) is 17.5. The van der Waals surface area contributed by atoms with E-state index in [0.717, 1.165) is 12.8 Å². The van der Waals surface area contributed by atoms with E-state index < -0.39 is 11.9 Å². The summed E-state index contributed by atoms with van der Waals surface area (Å²) >= 11 is 0. The van der Waals surface area contributed by atoms with Crippen LogP contribution in [0.1, 0.15) is 42.6 Å². The largest absolute Gasteiger partial charge is 0.435 e. The van der Waals surface area contributed by atoms with Crippen molar-refractivity contribution in [1.29, 1.82) is 0 Å². The summed E-state index contributed by atoms with van der Waals surface area (Å²) in [7, 11) is 1.74. The molecule has 0 fully saturated rings. The number of nitrogens with zero attached hydrogens (tertiary/aromatic N) is 4. The molecule has 0 radical (unpaired) electrons. The van der Waals surface area contributed by atoms with Crippen LogP contribution in [0.15, 0.2) is 12.3 Å². The number of halogens is 3. The monoisotopic (exact) mass is 355 g/mol. The lowest BCUT2D eigenvalue weighted by atomic mass is 9.95. The van der Waals surface area contributed by atoms with Gasteiger partial charge in [0.2, 0.25) is 5.91 Å². The quantitative estimate of drug-likeness (QED) is 0.897.